The Balaban J connectivity index is 1.85. The van der Waals surface area contributed by atoms with Gasteiger partial charge >= 0.3 is 5.97 Å². The van der Waals surface area contributed by atoms with Crippen LogP contribution in [0.1, 0.15) is 22.8 Å². The average Bonchev–Trinajstić information content (AvgIpc) is 2.70. The van der Waals surface area contributed by atoms with E-state index >= 15 is 0 Å². The third kappa shape index (κ3) is 5.98. The summed E-state index contributed by atoms with van der Waals surface area (Å²) in [6.07, 6.45) is 2.76. The first-order chi connectivity index (χ1) is 13.4. The van der Waals surface area contributed by atoms with Crippen molar-refractivity contribution in [1.82, 2.24) is 0 Å². The molecule has 1 N–H and O–H groups in total. The topological polar surface area (TPSA) is 90.9 Å². The number of carbonyl (C=O) groups excluding carboxylic acids is 3. The standard InChI is InChI=1S/C21H21NO6/c1-14(23)16-6-8-17(9-7-16)22-20(24)13-28-21(25)11-5-15-4-10-18(26-2)19(12-15)27-3/h4-12H,13H2,1-3H3,(H,22,24). The molecule has 0 saturated heterocycles. The van der Waals surface area contributed by atoms with E-state index in [0.717, 1.165) is 0 Å². The zero-order valence-electron chi connectivity index (χ0n) is 15.9. The number of ketones is 1. The van der Waals surface area contributed by atoms with Crippen molar-refractivity contribution in [2.75, 3.05) is 26.1 Å². The second-order valence-corrected chi connectivity index (χ2v) is 5.74. The van der Waals surface area contributed by atoms with Crippen molar-refractivity contribution < 1.29 is 28.6 Å². The van der Waals surface area contributed by atoms with E-state index in [1.807, 2.05) is 0 Å². The molecule has 0 spiro atoms. The van der Waals surface area contributed by atoms with Crippen LogP contribution in [0.5, 0.6) is 11.5 Å². The largest absolute Gasteiger partial charge is 0.493 e. The van der Waals surface area contributed by atoms with Crippen LogP contribution in [0, 0.1) is 0 Å². The van der Waals surface area contributed by atoms with Crippen LogP contribution < -0.4 is 14.8 Å². The highest BCUT2D eigenvalue weighted by molar-refractivity contribution is 5.96. The molecule has 0 unspecified atom stereocenters. The quantitative estimate of drug-likeness (QED) is 0.428. The van der Waals surface area contributed by atoms with E-state index in [9.17, 15) is 14.4 Å². The summed E-state index contributed by atoms with van der Waals surface area (Å²) in [7, 11) is 3.05. The summed E-state index contributed by atoms with van der Waals surface area (Å²) in [5.41, 5.74) is 1.77. The maximum atomic E-state index is 11.9. The molecule has 7 heteroatoms. The number of amides is 1. The van der Waals surface area contributed by atoms with Crippen molar-refractivity contribution in [2.45, 2.75) is 6.92 Å². The highest BCUT2D eigenvalue weighted by Gasteiger charge is 2.07. The van der Waals surface area contributed by atoms with Crippen LogP contribution in [0.2, 0.25) is 0 Å². The monoisotopic (exact) mass is 383 g/mol. The summed E-state index contributed by atoms with van der Waals surface area (Å²) in [5.74, 6) is -0.0863. The molecule has 28 heavy (non-hydrogen) atoms. The second kappa shape index (κ2) is 9.91. The van der Waals surface area contributed by atoms with Gasteiger partial charge in [0.15, 0.2) is 23.9 Å². The summed E-state index contributed by atoms with van der Waals surface area (Å²) < 4.78 is 15.3. The summed E-state index contributed by atoms with van der Waals surface area (Å²) in [5, 5.41) is 2.58. The fourth-order valence-corrected chi connectivity index (χ4v) is 2.29. The predicted octanol–water partition coefficient (Wildman–Crippen LogP) is 3.10. The first-order valence-corrected chi connectivity index (χ1v) is 8.40. The highest BCUT2D eigenvalue weighted by atomic mass is 16.5. The summed E-state index contributed by atoms with van der Waals surface area (Å²) in [4.78, 5) is 34.9. The Bertz CT molecular complexity index is 886. The minimum Gasteiger partial charge on any atom is -0.493 e. The lowest BCUT2D eigenvalue weighted by Gasteiger charge is -2.07. The van der Waals surface area contributed by atoms with E-state index in [1.54, 1.807) is 48.5 Å². The van der Waals surface area contributed by atoms with Gasteiger partial charge in [-0.2, -0.15) is 0 Å². The van der Waals surface area contributed by atoms with Crippen LogP contribution in [0.25, 0.3) is 6.08 Å². The zero-order chi connectivity index (χ0) is 20.5. The molecule has 0 aliphatic carbocycles. The van der Waals surface area contributed by atoms with Gasteiger partial charge in [-0.3, -0.25) is 9.59 Å². The lowest BCUT2D eigenvalue weighted by molar-refractivity contribution is -0.142. The summed E-state index contributed by atoms with van der Waals surface area (Å²) in [6.45, 7) is 1.03. The third-order valence-corrected chi connectivity index (χ3v) is 3.74. The van der Waals surface area contributed by atoms with Crippen LogP contribution in [0.4, 0.5) is 5.69 Å². The van der Waals surface area contributed by atoms with Crippen molar-refractivity contribution in [2.24, 2.45) is 0 Å². The Hall–Kier alpha value is -3.61. The van der Waals surface area contributed by atoms with Crippen LogP contribution in [-0.2, 0) is 14.3 Å². The van der Waals surface area contributed by atoms with Gasteiger partial charge in [0.25, 0.3) is 5.91 Å². The lowest BCUT2D eigenvalue weighted by Crippen LogP contribution is -2.20. The van der Waals surface area contributed by atoms with Gasteiger partial charge in [-0.05, 0) is 55.0 Å². The Labute approximate surface area is 162 Å². The van der Waals surface area contributed by atoms with Gasteiger partial charge in [0.2, 0.25) is 0 Å². The molecule has 0 heterocycles. The predicted molar refractivity (Wildman–Crippen MR) is 105 cm³/mol. The van der Waals surface area contributed by atoms with Gasteiger partial charge in [-0.1, -0.05) is 6.07 Å². The Kier molecular flexibility index (Phi) is 7.33. The van der Waals surface area contributed by atoms with Crippen molar-refractivity contribution >= 4 is 29.4 Å². The molecule has 0 aromatic heterocycles. The van der Waals surface area contributed by atoms with E-state index in [2.05, 4.69) is 5.32 Å². The molecule has 0 aliphatic rings. The number of hydrogen-bond donors (Lipinski definition) is 1. The molecule has 1 amide bonds. The van der Waals surface area contributed by atoms with E-state index < -0.39 is 18.5 Å². The molecule has 2 aromatic rings. The number of esters is 1. The number of carbonyl (C=O) groups is 3. The molecule has 7 nitrogen and oxygen atoms in total. The fraction of sp³-hybridized carbons (Fsp3) is 0.190. The average molecular weight is 383 g/mol. The highest BCUT2D eigenvalue weighted by Crippen LogP contribution is 2.27. The molecule has 0 saturated carbocycles. The van der Waals surface area contributed by atoms with Crippen molar-refractivity contribution in [3.05, 3.63) is 59.7 Å². The molecule has 0 radical (unpaired) electrons. The molecule has 2 rings (SSSR count). The second-order valence-electron chi connectivity index (χ2n) is 5.74. The number of benzene rings is 2. The number of ether oxygens (including phenoxy) is 3. The van der Waals surface area contributed by atoms with E-state index in [-0.39, 0.29) is 5.78 Å². The van der Waals surface area contributed by atoms with Gasteiger partial charge in [-0.25, -0.2) is 4.79 Å². The van der Waals surface area contributed by atoms with Crippen LogP contribution in [-0.4, -0.2) is 38.5 Å². The summed E-state index contributed by atoms with van der Waals surface area (Å²) in [6, 6.07) is 11.6. The number of rotatable bonds is 8. The Morgan fingerprint density at radius 2 is 1.64 bits per heavy atom. The number of nitrogens with one attached hydrogen (secondary N) is 1. The SMILES string of the molecule is COc1ccc(C=CC(=O)OCC(=O)Nc2ccc(C(C)=O)cc2)cc1OC. The minimum absolute atomic E-state index is 0.0620. The van der Waals surface area contributed by atoms with Gasteiger partial charge in [0, 0.05) is 17.3 Å². The van der Waals surface area contributed by atoms with Gasteiger partial charge in [0.05, 0.1) is 14.2 Å². The maximum Gasteiger partial charge on any atom is 0.331 e. The molecule has 146 valence electrons. The minimum atomic E-state index is -0.656. The van der Waals surface area contributed by atoms with Gasteiger partial charge in [0.1, 0.15) is 0 Å². The van der Waals surface area contributed by atoms with Gasteiger partial charge < -0.3 is 19.5 Å². The first-order valence-electron chi connectivity index (χ1n) is 8.40. The van der Waals surface area contributed by atoms with Gasteiger partial charge in [-0.15, -0.1) is 0 Å². The third-order valence-electron chi connectivity index (χ3n) is 3.74. The fourth-order valence-electron chi connectivity index (χ4n) is 2.29. The smallest absolute Gasteiger partial charge is 0.331 e. The van der Waals surface area contributed by atoms with E-state index in [4.69, 9.17) is 14.2 Å². The molecule has 2 aromatic carbocycles. The number of methoxy groups -OCH3 is 2. The van der Waals surface area contributed by atoms with E-state index in [1.165, 1.54) is 27.2 Å². The molecule has 0 bridgehead atoms. The Morgan fingerprint density at radius 1 is 0.964 bits per heavy atom. The van der Waals surface area contributed by atoms with Crippen molar-refractivity contribution in [1.29, 1.82) is 0 Å². The molecule has 0 fully saturated rings. The zero-order valence-corrected chi connectivity index (χ0v) is 15.9. The summed E-state index contributed by atoms with van der Waals surface area (Å²) >= 11 is 0. The maximum absolute atomic E-state index is 11.9. The number of anilines is 1. The number of Topliss-reactive ketones (excluding diaryl/α,β-unsaturated/α-hetero) is 1. The molecule has 0 atom stereocenters. The van der Waals surface area contributed by atoms with E-state index in [0.29, 0.717) is 28.3 Å². The van der Waals surface area contributed by atoms with Crippen LogP contribution >= 0.6 is 0 Å². The first kappa shape index (κ1) is 20.7. The number of hydrogen-bond acceptors (Lipinski definition) is 6. The molecular formula is C21H21NO6. The van der Waals surface area contributed by atoms with Crippen LogP contribution in [0.15, 0.2) is 48.5 Å². The molecule has 0 aliphatic heterocycles. The Morgan fingerprint density at radius 3 is 2.25 bits per heavy atom. The normalized spacial score (nSPS) is 10.4. The van der Waals surface area contributed by atoms with Crippen LogP contribution in [0.3, 0.4) is 0 Å². The molecular weight excluding hydrogens is 362 g/mol. The lowest BCUT2D eigenvalue weighted by atomic mass is 10.1. The van der Waals surface area contributed by atoms with Crippen molar-refractivity contribution in [3.8, 4) is 11.5 Å². The van der Waals surface area contributed by atoms with Crippen molar-refractivity contribution in [3.63, 3.8) is 0 Å².